The number of aromatic amines is 1. The van der Waals surface area contributed by atoms with Crippen LogP contribution in [0.15, 0.2) is 35.1 Å². The molecule has 2 rings (SSSR count). The molecule has 2 aromatic rings. The number of rotatable bonds is 2. The first-order chi connectivity index (χ1) is 7.66. The topological polar surface area (TPSA) is 66.0 Å². The molecule has 0 spiro atoms. The van der Waals surface area contributed by atoms with Crippen LogP contribution in [0.3, 0.4) is 0 Å². The van der Waals surface area contributed by atoms with Gasteiger partial charge in [-0.15, -0.1) is 0 Å². The van der Waals surface area contributed by atoms with Crippen molar-refractivity contribution in [3.8, 4) is 5.75 Å². The summed E-state index contributed by atoms with van der Waals surface area (Å²) >= 11 is 5.67. The zero-order valence-corrected chi connectivity index (χ0v) is 9.03. The molecule has 1 aromatic carbocycles. The van der Waals surface area contributed by atoms with Gasteiger partial charge in [0.2, 0.25) is 0 Å². The number of phenolic OH excluding ortho intramolecular Hbond substituents is 1. The molecule has 0 unspecified atom stereocenters. The maximum absolute atomic E-state index is 11.0. The zero-order chi connectivity index (χ0) is 11.5. The number of hydrogen-bond acceptors (Lipinski definition) is 3. The van der Waals surface area contributed by atoms with E-state index in [0.29, 0.717) is 12.1 Å². The van der Waals surface area contributed by atoms with Gasteiger partial charge in [0, 0.05) is 6.42 Å². The van der Waals surface area contributed by atoms with Gasteiger partial charge >= 0.3 is 0 Å². The van der Waals surface area contributed by atoms with Gasteiger partial charge in [-0.1, -0.05) is 29.8 Å². The second-order valence-electron chi connectivity index (χ2n) is 3.34. The van der Waals surface area contributed by atoms with E-state index in [1.54, 1.807) is 18.2 Å². The first-order valence-corrected chi connectivity index (χ1v) is 5.05. The molecule has 0 amide bonds. The highest BCUT2D eigenvalue weighted by Crippen LogP contribution is 2.18. The van der Waals surface area contributed by atoms with Gasteiger partial charge in [0.15, 0.2) is 0 Å². The number of aromatic nitrogens is 2. The molecule has 0 atom stereocenters. The summed E-state index contributed by atoms with van der Waals surface area (Å²) in [7, 11) is 0. The van der Waals surface area contributed by atoms with Crippen LogP contribution in [0, 0.1) is 0 Å². The van der Waals surface area contributed by atoms with Gasteiger partial charge in [-0.3, -0.25) is 4.79 Å². The van der Waals surface area contributed by atoms with E-state index in [1.165, 1.54) is 6.07 Å². The third-order valence-corrected chi connectivity index (χ3v) is 2.46. The van der Waals surface area contributed by atoms with E-state index in [2.05, 4.69) is 10.2 Å². The molecule has 5 heteroatoms. The molecular formula is C11H9ClN2O2. The van der Waals surface area contributed by atoms with Crippen LogP contribution in [0.2, 0.25) is 5.02 Å². The highest BCUT2D eigenvalue weighted by molar-refractivity contribution is 6.30. The molecule has 0 bridgehead atoms. The molecule has 16 heavy (non-hydrogen) atoms. The Balaban J connectivity index is 2.31. The standard InChI is InChI=1S/C11H9ClN2O2/c12-9-6-8(13-14-11(9)16)5-7-3-1-2-4-10(7)15/h1-4,6,15H,5H2,(H,14,16). The molecule has 0 aliphatic heterocycles. The lowest BCUT2D eigenvalue weighted by Gasteiger charge is -2.03. The average Bonchev–Trinajstić information content (AvgIpc) is 2.27. The van der Waals surface area contributed by atoms with Crippen molar-refractivity contribution in [2.24, 2.45) is 0 Å². The quantitative estimate of drug-likeness (QED) is 0.834. The number of para-hydroxylation sites is 1. The third-order valence-electron chi connectivity index (χ3n) is 2.17. The second-order valence-corrected chi connectivity index (χ2v) is 3.75. The van der Waals surface area contributed by atoms with Crippen LogP contribution in [-0.2, 0) is 6.42 Å². The first kappa shape index (κ1) is 10.7. The number of aromatic hydroxyl groups is 1. The lowest BCUT2D eigenvalue weighted by molar-refractivity contribution is 0.469. The van der Waals surface area contributed by atoms with Crippen LogP contribution in [0.25, 0.3) is 0 Å². The van der Waals surface area contributed by atoms with E-state index in [-0.39, 0.29) is 10.8 Å². The molecular weight excluding hydrogens is 228 g/mol. The number of benzene rings is 1. The van der Waals surface area contributed by atoms with Gasteiger partial charge in [-0.2, -0.15) is 5.10 Å². The van der Waals surface area contributed by atoms with E-state index in [1.807, 2.05) is 6.07 Å². The summed E-state index contributed by atoms with van der Waals surface area (Å²) in [5, 5.41) is 15.8. The van der Waals surface area contributed by atoms with Crippen LogP contribution in [0.5, 0.6) is 5.75 Å². The number of halogens is 1. The van der Waals surface area contributed by atoms with Crippen molar-refractivity contribution in [2.75, 3.05) is 0 Å². The Labute approximate surface area is 96.5 Å². The normalized spacial score (nSPS) is 10.3. The largest absolute Gasteiger partial charge is 0.508 e. The minimum absolute atomic E-state index is 0.0976. The number of H-pyrrole nitrogens is 1. The Bertz CT molecular complexity index is 566. The minimum atomic E-state index is -0.414. The minimum Gasteiger partial charge on any atom is -0.508 e. The molecule has 1 heterocycles. The summed E-state index contributed by atoms with van der Waals surface area (Å²) in [4.78, 5) is 11.0. The second kappa shape index (κ2) is 4.37. The van der Waals surface area contributed by atoms with Gasteiger partial charge in [0.05, 0.1) is 5.69 Å². The Morgan fingerprint density at radius 1 is 1.38 bits per heavy atom. The molecule has 1 aromatic heterocycles. The van der Waals surface area contributed by atoms with Crippen molar-refractivity contribution in [1.82, 2.24) is 10.2 Å². The molecule has 0 aliphatic rings. The molecule has 82 valence electrons. The van der Waals surface area contributed by atoms with E-state index >= 15 is 0 Å². The first-order valence-electron chi connectivity index (χ1n) is 4.68. The fourth-order valence-electron chi connectivity index (χ4n) is 1.37. The van der Waals surface area contributed by atoms with Crippen LogP contribution >= 0.6 is 11.6 Å². The summed E-state index contributed by atoms with van der Waals surface area (Å²) < 4.78 is 0. The SMILES string of the molecule is O=c1[nH]nc(Cc2ccccc2O)cc1Cl. The monoisotopic (exact) mass is 236 g/mol. The molecule has 4 nitrogen and oxygen atoms in total. The van der Waals surface area contributed by atoms with E-state index in [9.17, 15) is 9.90 Å². The fraction of sp³-hybridized carbons (Fsp3) is 0.0909. The predicted molar refractivity (Wildman–Crippen MR) is 60.8 cm³/mol. The maximum atomic E-state index is 11.0. The lowest BCUT2D eigenvalue weighted by Crippen LogP contribution is -2.10. The van der Waals surface area contributed by atoms with Gasteiger partial charge < -0.3 is 5.11 Å². The van der Waals surface area contributed by atoms with Gasteiger partial charge in [0.25, 0.3) is 5.56 Å². The summed E-state index contributed by atoms with van der Waals surface area (Å²) in [5.74, 6) is 0.201. The number of nitrogens with zero attached hydrogens (tertiary/aromatic N) is 1. The summed E-state index contributed by atoms with van der Waals surface area (Å²) in [5.41, 5.74) is 0.923. The maximum Gasteiger partial charge on any atom is 0.282 e. The molecule has 2 N–H and O–H groups in total. The van der Waals surface area contributed by atoms with E-state index < -0.39 is 5.56 Å². The van der Waals surface area contributed by atoms with Crippen molar-refractivity contribution in [3.05, 3.63) is 57.0 Å². The Morgan fingerprint density at radius 3 is 2.81 bits per heavy atom. The Hall–Kier alpha value is -1.81. The lowest BCUT2D eigenvalue weighted by atomic mass is 10.1. The van der Waals surface area contributed by atoms with Crippen molar-refractivity contribution in [3.63, 3.8) is 0 Å². The van der Waals surface area contributed by atoms with Crippen LogP contribution in [0.1, 0.15) is 11.3 Å². The van der Waals surface area contributed by atoms with Crippen molar-refractivity contribution in [2.45, 2.75) is 6.42 Å². The van der Waals surface area contributed by atoms with Gasteiger partial charge in [0.1, 0.15) is 10.8 Å². The fourth-order valence-corrected chi connectivity index (χ4v) is 1.53. The Kier molecular flexibility index (Phi) is 2.92. The highest BCUT2D eigenvalue weighted by Gasteiger charge is 2.04. The summed E-state index contributed by atoms with van der Waals surface area (Å²) in [6, 6.07) is 8.44. The molecule has 0 saturated carbocycles. The molecule has 0 saturated heterocycles. The van der Waals surface area contributed by atoms with Crippen molar-refractivity contribution >= 4 is 11.6 Å². The predicted octanol–water partition coefficient (Wildman–Crippen LogP) is 1.72. The molecule has 0 radical (unpaired) electrons. The molecule has 0 aliphatic carbocycles. The van der Waals surface area contributed by atoms with Crippen LogP contribution < -0.4 is 5.56 Å². The average molecular weight is 237 g/mol. The number of nitrogens with one attached hydrogen (secondary N) is 1. The highest BCUT2D eigenvalue weighted by atomic mass is 35.5. The van der Waals surface area contributed by atoms with Gasteiger partial charge in [-0.25, -0.2) is 5.10 Å². The zero-order valence-electron chi connectivity index (χ0n) is 8.27. The third kappa shape index (κ3) is 2.23. The summed E-state index contributed by atoms with van der Waals surface area (Å²) in [6.45, 7) is 0. The van der Waals surface area contributed by atoms with Crippen LogP contribution in [0.4, 0.5) is 0 Å². The summed E-state index contributed by atoms with van der Waals surface area (Å²) in [6.07, 6.45) is 0.420. The van der Waals surface area contributed by atoms with Gasteiger partial charge in [-0.05, 0) is 17.7 Å². The van der Waals surface area contributed by atoms with Crippen LogP contribution in [-0.4, -0.2) is 15.3 Å². The number of hydrogen-bond donors (Lipinski definition) is 2. The smallest absolute Gasteiger partial charge is 0.282 e. The van der Waals surface area contributed by atoms with Crippen molar-refractivity contribution < 1.29 is 5.11 Å². The van der Waals surface area contributed by atoms with Crippen molar-refractivity contribution in [1.29, 1.82) is 0 Å². The van der Waals surface area contributed by atoms with E-state index in [0.717, 1.165) is 5.56 Å². The Morgan fingerprint density at radius 2 is 2.12 bits per heavy atom. The molecule has 0 fully saturated rings. The van der Waals surface area contributed by atoms with E-state index in [4.69, 9.17) is 11.6 Å². The number of phenols is 1.